The van der Waals surface area contributed by atoms with Crippen LogP contribution in [0.4, 0.5) is 5.69 Å². The number of halogens is 1. The lowest BCUT2D eigenvalue weighted by atomic mass is 10.1. The first-order chi connectivity index (χ1) is 19.5. The van der Waals surface area contributed by atoms with E-state index in [2.05, 4.69) is 21.2 Å². The lowest BCUT2D eigenvalue weighted by Gasteiger charge is -2.32. The van der Waals surface area contributed by atoms with Gasteiger partial charge < -0.3 is 15.0 Å². The first-order valence-electron chi connectivity index (χ1n) is 13.5. The van der Waals surface area contributed by atoms with Crippen molar-refractivity contribution < 1.29 is 22.7 Å². The molecule has 0 heterocycles. The van der Waals surface area contributed by atoms with E-state index >= 15 is 0 Å². The summed E-state index contributed by atoms with van der Waals surface area (Å²) in [6.07, 6.45) is 1.74. The normalized spacial score (nSPS) is 12.0. The molecule has 220 valence electrons. The fraction of sp³-hybridized carbons (Fsp3) is 0.355. The number of nitrogens with zero attached hydrogens (tertiary/aromatic N) is 2. The van der Waals surface area contributed by atoms with Gasteiger partial charge in [-0.3, -0.25) is 13.9 Å². The predicted molar refractivity (Wildman–Crippen MR) is 166 cm³/mol. The largest absolute Gasteiger partial charge is 0.496 e. The lowest BCUT2D eigenvalue weighted by molar-refractivity contribution is -0.139. The Morgan fingerprint density at radius 1 is 1.02 bits per heavy atom. The maximum Gasteiger partial charge on any atom is 0.264 e. The minimum atomic E-state index is -4.19. The topological polar surface area (TPSA) is 96.0 Å². The molecule has 3 rings (SSSR count). The Morgan fingerprint density at radius 3 is 2.32 bits per heavy atom. The van der Waals surface area contributed by atoms with Crippen molar-refractivity contribution in [1.82, 2.24) is 10.2 Å². The monoisotopic (exact) mass is 643 g/mol. The average Bonchev–Trinajstić information content (AvgIpc) is 2.95. The van der Waals surface area contributed by atoms with Gasteiger partial charge in [-0.15, -0.1) is 0 Å². The molecule has 0 aromatic heterocycles. The van der Waals surface area contributed by atoms with Crippen molar-refractivity contribution in [1.29, 1.82) is 0 Å². The van der Waals surface area contributed by atoms with Gasteiger partial charge in [0, 0.05) is 13.1 Å². The molecule has 41 heavy (non-hydrogen) atoms. The van der Waals surface area contributed by atoms with Gasteiger partial charge in [-0.05, 0) is 84.6 Å². The van der Waals surface area contributed by atoms with Gasteiger partial charge in [0.1, 0.15) is 18.3 Å². The van der Waals surface area contributed by atoms with Crippen molar-refractivity contribution in [3.8, 4) is 5.75 Å². The maximum absolute atomic E-state index is 14.0. The molecule has 0 saturated heterocycles. The summed E-state index contributed by atoms with van der Waals surface area (Å²) in [6, 6.07) is 18.2. The highest BCUT2D eigenvalue weighted by Crippen LogP contribution is 2.31. The van der Waals surface area contributed by atoms with E-state index in [0.717, 1.165) is 33.8 Å². The minimum absolute atomic E-state index is 0.00522. The number of sulfonamides is 1. The van der Waals surface area contributed by atoms with Crippen LogP contribution >= 0.6 is 15.9 Å². The van der Waals surface area contributed by atoms with E-state index in [-0.39, 0.29) is 17.3 Å². The summed E-state index contributed by atoms with van der Waals surface area (Å²) < 4.78 is 34.9. The number of amides is 2. The van der Waals surface area contributed by atoms with Gasteiger partial charge in [-0.1, -0.05) is 55.3 Å². The number of benzene rings is 3. The van der Waals surface area contributed by atoms with Gasteiger partial charge in [-0.2, -0.15) is 0 Å². The molecule has 10 heteroatoms. The van der Waals surface area contributed by atoms with Crippen molar-refractivity contribution in [2.45, 2.75) is 58.0 Å². The summed E-state index contributed by atoms with van der Waals surface area (Å²) in [5.74, 6) is -0.304. The van der Waals surface area contributed by atoms with Gasteiger partial charge in [0.15, 0.2) is 0 Å². The zero-order chi connectivity index (χ0) is 30.2. The van der Waals surface area contributed by atoms with Crippen LogP contribution < -0.4 is 14.4 Å². The zero-order valence-corrected chi connectivity index (χ0v) is 26.6. The van der Waals surface area contributed by atoms with E-state index in [9.17, 15) is 18.0 Å². The fourth-order valence-electron chi connectivity index (χ4n) is 4.26. The van der Waals surface area contributed by atoms with Gasteiger partial charge in [0.05, 0.1) is 22.2 Å². The van der Waals surface area contributed by atoms with Crippen LogP contribution in [0.2, 0.25) is 0 Å². The first kappa shape index (κ1) is 32.1. The lowest BCUT2D eigenvalue weighted by Crippen LogP contribution is -2.51. The fourth-order valence-corrected chi connectivity index (χ4v) is 6.40. The van der Waals surface area contributed by atoms with Crippen LogP contribution in [0.15, 0.2) is 76.1 Å². The van der Waals surface area contributed by atoms with E-state index in [1.807, 2.05) is 45.0 Å². The van der Waals surface area contributed by atoms with E-state index in [4.69, 9.17) is 4.74 Å². The van der Waals surface area contributed by atoms with Gasteiger partial charge >= 0.3 is 0 Å². The number of unbranched alkanes of at least 4 members (excludes halogenated alkanes) is 1. The van der Waals surface area contributed by atoms with E-state index in [1.165, 1.54) is 24.1 Å². The second-order valence-electron chi connectivity index (χ2n) is 9.91. The molecule has 3 aromatic rings. The number of aryl methyl sites for hydroxylation is 2. The molecule has 1 N–H and O–H groups in total. The summed E-state index contributed by atoms with van der Waals surface area (Å²) in [6.45, 7) is 7.71. The number of methoxy groups -OCH3 is 1. The van der Waals surface area contributed by atoms with Crippen molar-refractivity contribution in [3.05, 3.63) is 87.9 Å². The van der Waals surface area contributed by atoms with Crippen molar-refractivity contribution in [3.63, 3.8) is 0 Å². The Morgan fingerprint density at radius 2 is 1.71 bits per heavy atom. The highest BCUT2D eigenvalue weighted by Gasteiger charge is 2.33. The van der Waals surface area contributed by atoms with Gasteiger partial charge in [0.2, 0.25) is 11.8 Å². The molecule has 8 nitrogen and oxygen atoms in total. The van der Waals surface area contributed by atoms with Crippen molar-refractivity contribution >= 4 is 43.5 Å². The minimum Gasteiger partial charge on any atom is -0.496 e. The second-order valence-corrected chi connectivity index (χ2v) is 12.6. The highest BCUT2D eigenvalue weighted by atomic mass is 79.9. The first-order valence-corrected chi connectivity index (χ1v) is 15.8. The van der Waals surface area contributed by atoms with Crippen LogP contribution in [-0.4, -0.2) is 51.4 Å². The van der Waals surface area contributed by atoms with E-state index in [1.54, 1.807) is 37.3 Å². The number of nitrogens with one attached hydrogen (secondary N) is 1. The summed E-state index contributed by atoms with van der Waals surface area (Å²) >= 11 is 3.37. The molecule has 0 saturated carbocycles. The molecule has 3 aromatic carbocycles. The summed E-state index contributed by atoms with van der Waals surface area (Å²) in [7, 11) is -2.69. The number of rotatable bonds is 13. The summed E-state index contributed by atoms with van der Waals surface area (Å²) in [4.78, 5) is 28.6. The second kappa shape index (κ2) is 14.5. The molecule has 2 amide bonds. The molecule has 1 atom stereocenters. The molecule has 0 bridgehead atoms. The van der Waals surface area contributed by atoms with Crippen LogP contribution in [-0.2, 0) is 26.2 Å². The Balaban J connectivity index is 2.03. The van der Waals surface area contributed by atoms with Crippen LogP contribution in [0.25, 0.3) is 0 Å². The number of hydrogen-bond donors (Lipinski definition) is 1. The van der Waals surface area contributed by atoms with E-state index in [0.29, 0.717) is 22.5 Å². The standard InChI is InChI=1S/C31H38BrN3O5S/c1-6-7-18-33-31(37)24(4)34(20-25-11-9-8-10-23(25)3)30(36)21-35(26-14-12-22(2)13-15-26)41(38,39)27-16-17-29(40-5)28(32)19-27/h8-17,19,24H,6-7,18,20-21H2,1-5H3,(H,33,37). The quantitative estimate of drug-likeness (QED) is 0.245. The third-order valence-corrected chi connectivity index (χ3v) is 9.30. The van der Waals surface area contributed by atoms with Crippen LogP contribution in [0.1, 0.15) is 43.4 Å². The van der Waals surface area contributed by atoms with Crippen LogP contribution in [0.3, 0.4) is 0 Å². The van der Waals surface area contributed by atoms with Gasteiger partial charge in [0.25, 0.3) is 10.0 Å². The number of carbonyl (C=O) groups is 2. The smallest absolute Gasteiger partial charge is 0.264 e. The molecule has 1 unspecified atom stereocenters. The predicted octanol–water partition coefficient (Wildman–Crippen LogP) is 5.60. The van der Waals surface area contributed by atoms with Crippen molar-refractivity contribution in [2.75, 3.05) is 24.5 Å². The Hall–Kier alpha value is -3.37. The zero-order valence-electron chi connectivity index (χ0n) is 24.2. The third-order valence-electron chi connectivity index (χ3n) is 6.91. The molecule has 0 aliphatic heterocycles. The molecular weight excluding hydrogens is 606 g/mol. The Kier molecular flexibility index (Phi) is 11.4. The number of ether oxygens (including phenoxy) is 1. The summed E-state index contributed by atoms with van der Waals surface area (Å²) in [5, 5.41) is 2.90. The third kappa shape index (κ3) is 8.10. The number of anilines is 1. The SMILES string of the molecule is CCCCNC(=O)C(C)N(Cc1ccccc1C)C(=O)CN(c1ccc(C)cc1)S(=O)(=O)c1ccc(OC)c(Br)c1. The number of hydrogen-bond acceptors (Lipinski definition) is 5. The van der Waals surface area contributed by atoms with Crippen molar-refractivity contribution in [2.24, 2.45) is 0 Å². The molecule has 0 spiro atoms. The molecule has 0 radical (unpaired) electrons. The molecular formula is C31H38BrN3O5S. The molecule has 0 fully saturated rings. The Bertz CT molecular complexity index is 1460. The average molecular weight is 645 g/mol. The maximum atomic E-state index is 14.0. The molecule has 0 aliphatic carbocycles. The number of carbonyl (C=O) groups excluding carboxylic acids is 2. The van der Waals surface area contributed by atoms with Crippen LogP contribution in [0.5, 0.6) is 5.75 Å². The summed E-state index contributed by atoms with van der Waals surface area (Å²) in [5.41, 5.74) is 3.13. The van der Waals surface area contributed by atoms with E-state index < -0.39 is 28.5 Å². The highest BCUT2D eigenvalue weighted by molar-refractivity contribution is 9.10. The molecule has 0 aliphatic rings. The Labute approximate surface area is 251 Å². The van der Waals surface area contributed by atoms with Crippen LogP contribution in [0, 0.1) is 13.8 Å². The van der Waals surface area contributed by atoms with Gasteiger partial charge in [-0.25, -0.2) is 8.42 Å².